The first-order valence-corrected chi connectivity index (χ1v) is 7.07. The van der Waals surface area contributed by atoms with E-state index in [0.29, 0.717) is 12.3 Å². The van der Waals surface area contributed by atoms with Gasteiger partial charge in [-0.25, -0.2) is 8.42 Å². The van der Waals surface area contributed by atoms with Gasteiger partial charge in [-0.15, -0.1) is 19.0 Å². The Morgan fingerprint density at radius 2 is 2.25 bits per heavy atom. The van der Waals surface area contributed by atoms with Gasteiger partial charge in [0.1, 0.15) is 0 Å². The van der Waals surface area contributed by atoms with Gasteiger partial charge >= 0.3 is 0 Å². The highest BCUT2D eigenvalue weighted by Crippen LogP contribution is 2.17. The highest BCUT2D eigenvalue weighted by molar-refractivity contribution is 7.91. The molecule has 1 saturated heterocycles. The molecule has 0 saturated carbocycles. The normalized spacial score (nSPS) is 25.1. The molecule has 1 aliphatic heterocycles. The van der Waals surface area contributed by atoms with Crippen LogP contribution in [0.25, 0.3) is 0 Å². The lowest BCUT2D eigenvalue weighted by Crippen LogP contribution is -2.43. The quantitative estimate of drug-likeness (QED) is 0.735. The van der Waals surface area contributed by atoms with Crippen LogP contribution >= 0.6 is 12.4 Å². The minimum absolute atomic E-state index is 0. The van der Waals surface area contributed by atoms with Crippen LogP contribution < -0.4 is 5.73 Å². The molecule has 2 unspecified atom stereocenters. The fourth-order valence-electron chi connectivity index (χ4n) is 1.97. The molecule has 0 aliphatic carbocycles. The lowest BCUT2D eigenvalue weighted by Gasteiger charge is -2.28. The Morgan fingerprint density at radius 3 is 2.62 bits per heavy atom. The summed E-state index contributed by atoms with van der Waals surface area (Å²) >= 11 is 0. The monoisotopic (exact) mass is 268 g/mol. The molecular weight excluding hydrogens is 248 g/mol. The maximum absolute atomic E-state index is 11.4. The molecular formula is C10H21ClN2O2S. The van der Waals surface area contributed by atoms with Gasteiger partial charge in [-0.1, -0.05) is 6.08 Å². The molecule has 0 aromatic rings. The van der Waals surface area contributed by atoms with Crippen LogP contribution in [0.5, 0.6) is 0 Å². The molecule has 0 radical (unpaired) electrons. The van der Waals surface area contributed by atoms with Gasteiger partial charge in [-0.05, 0) is 13.3 Å². The molecule has 0 spiro atoms. The van der Waals surface area contributed by atoms with Crippen LogP contribution in [0, 0.1) is 0 Å². The summed E-state index contributed by atoms with van der Waals surface area (Å²) in [6.07, 6.45) is 2.52. The summed E-state index contributed by atoms with van der Waals surface area (Å²) in [5, 5.41) is 0. The van der Waals surface area contributed by atoms with Crippen molar-refractivity contribution in [2.75, 3.05) is 24.6 Å². The second-order valence-electron chi connectivity index (χ2n) is 4.28. The first kappa shape index (κ1) is 15.9. The summed E-state index contributed by atoms with van der Waals surface area (Å²) in [5.74, 6) is 0.581. The van der Waals surface area contributed by atoms with Crippen LogP contribution in [0.4, 0.5) is 0 Å². The van der Waals surface area contributed by atoms with Gasteiger partial charge < -0.3 is 5.73 Å². The minimum atomic E-state index is -2.81. The van der Waals surface area contributed by atoms with Crippen molar-refractivity contribution < 1.29 is 8.42 Å². The Bertz CT molecular complexity index is 317. The Balaban J connectivity index is 0.00000225. The van der Waals surface area contributed by atoms with E-state index in [2.05, 4.69) is 11.5 Å². The summed E-state index contributed by atoms with van der Waals surface area (Å²) in [4.78, 5) is 2.11. The highest BCUT2D eigenvalue weighted by atomic mass is 35.5. The van der Waals surface area contributed by atoms with Crippen molar-refractivity contribution in [1.29, 1.82) is 0 Å². The van der Waals surface area contributed by atoms with Crippen molar-refractivity contribution >= 4 is 22.2 Å². The van der Waals surface area contributed by atoms with Gasteiger partial charge in [0, 0.05) is 25.2 Å². The molecule has 0 amide bonds. The van der Waals surface area contributed by atoms with E-state index in [4.69, 9.17) is 5.73 Å². The van der Waals surface area contributed by atoms with E-state index in [9.17, 15) is 8.42 Å². The Kier molecular flexibility index (Phi) is 6.55. The van der Waals surface area contributed by atoms with Gasteiger partial charge in [0.2, 0.25) is 0 Å². The molecule has 16 heavy (non-hydrogen) atoms. The Morgan fingerprint density at radius 1 is 1.62 bits per heavy atom. The molecule has 1 aliphatic rings. The predicted molar refractivity (Wildman–Crippen MR) is 69.7 cm³/mol. The molecule has 2 atom stereocenters. The Hall–Kier alpha value is -0.100. The summed E-state index contributed by atoms with van der Waals surface area (Å²) in [7, 11) is -2.81. The first-order chi connectivity index (χ1) is 6.94. The lowest BCUT2D eigenvalue weighted by atomic mass is 10.2. The van der Waals surface area contributed by atoms with E-state index in [-0.39, 0.29) is 30.2 Å². The van der Waals surface area contributed by atoms with E-state index in [1.807, 2.05) is 6.92 Å². The van der Waals surface area contributed by atoms with E-state index >= 15 is 0 Å². The van der Waals surface area contributed by atoms with Crippen molar-refractivity contribution in [2.45, 2.75) is 25.4 Å². The zero-order valence-corrected chi connectivity index (χ0v) is 11.3. The van der Waals surface area contributed by atoms with Crippen molar-refractivity contribution in [3.63, 3.8) is 0 Å². The minimum Gasteiger partial charge on any atom is -0.327 e. The van der Waals surface area contributed by atoms with E-state index < -0.39 is 9.84 Å². The third-order valence-electron chi connectivity index (χ3n) is 2.61. The van der Waals surface area contributed by atoms with Gasteiger partial charge in [0.15, 0.2) is 9.84 Å². The highest BCUT2D eigenvalue weighted by Gasteiger charge is 2.31. The fraction of sp³-hybridized carbons (Fsp3) is 0.800. The second-order valence-corrected chi connectivity index (χ2v) is 6.51. The number of sulfone groups is 1. The summed E-state index contributed by atoms with van der Waals surface area (Å²) in [6, 6.07) is 0.187. The number of nitrogens with zero attached hydrogens (tertiary/aromatic N) is 1. The van der Waals surface area contributed by atoms with E-state index in [0.717, 1.165) is 13.0 Å². The molecule has 0 aromatic heterocycles. The maximum atomic E-state index is 11.4. The van der Waals surface area contributed by atoms with Crippen LogP contribution in [0.2, 0.25) is 0 Å². The molecule has 1 heterocycles. The van der Waals surface area contributed by atoms with Gasteiger partial charge in [-0.2, -0.15) is 0 Å². The summed E-state index contributed by atoms with van der Waals surface area (Å²) in [5.41, 5.74) is 5.73. The van der Waals surface area contributed by atoms with E-state index in [1.54, 1.807) is 6.08 Å². The first-order valence-electron chi connectivity index (χ1n) is 5.25. The molecule has 2 N–H and O–H groups in total. The number of nitrogens with two attached hydrogens (primary N) is 1. The van der Waals surface area contributed by atoms with Crippen LogP contribution in [0.3, 0.4) is 0 Å². The molecule has 4 nitrogen and oxygen atoms in total. The molecule has 1 fully saturated rings. The van der Waals surface area contributed by atoms with Gasteiger partial charge in [0.05, 0.1) is 11.5 Å². The van der Waals surface area contributed by atoms with Crippen molar-refractivity contribution in [2.24, 2.45) is 5.73 Å². The van der Waals surface area contributed by atoms with Crippen LogP contribution in [-0.2, 0) is 9.84 Å². The zero-order valence-electron chi connectivity index (χ0n) is 9.63. The van der Waals surface area contributed by atoms with Crippen LogP contribution in [-0.4, -0.2) is 50.0 Å². The number of hydrogen-bond donors (Lipinski definition) is 1. The average Bonchev–Trinajstić information content (AvgIpc) is 2.44. The van der Waals surface area contributed by atoms with Crippen LogP contribution in [0.1, 0.15) is 13.3 Å². The third kappa shape index (κ3) is 4.82. The molecule has 0 bridgehead atoms. The summed E-state index contributed by atoms with van der Waals surface area (Å²) in [6.45, 7) is 7.05. The molecule has 96 valence electrons. The zero-order chi connectivity index (χ0) is 11.5. The number of hydrogen-bond acceptors (Lipinski definition) is 4. The number of rotatable bonds is 5. The Labute approximate surface area is 104 Å². The van der Waals surface area contributed by atoms with Gasteiger partial charge in [0.25, 0.3) is 0 Å². The predicted octanol–water partition coefficient (Wildman–Crippen LogP) is 0.431. The summed E-state index contributed by atoms with van der Waals surface area (Å²) < 4.78 is 22.7. The smallest absolute Gasteiger partial charge is 0.151 e. The van der Waals surface area contributed by atoms with Gasteiger partial charge in [-0.3, -0.25) is 4.90 Å². The van der Waals surface area contributed by atoms with Crippen molar-refractivity contribution in [3.05, 3.63) is 12.7 Å². The number of halogens is 1. The van der Waals surface area contributed by atoms with Crippen molar-refractivity contribution in [3.8, 4) is 0 Å². The molecule has 0 aromatic carbocycles. The lowest BCUT2D eigenvalue weighted by molar-refractivity contribution is 0.225. The van der Waals surface area contributed by atoms with Crippen LogP contribution in [0.15, 0.2) is 12.7 Å². The maximum Gasteiger partial charge on any atom is 0.151 e. The largest absolute Gasteiger partial charge is 0.327 e. The van der Waals surface area contributed by atoms with Crippen molar-refractivity contribution in [1.82, 2.24) is 4.90 Å². The SMILES string of the molecule is C=CCN(CC(C)N)C1CCS(=O)(=O)C1.Cl. The second kappa shape index (κ2) is 6.59. The molecule has 1 rings (SSSR count). The fourth-order valence-corrected chi connectivity index (χ4v) is 3.73. The topological polar surface area (TPSA) is 63.4 Å². The average molecular weight is 269 g/mol. The van der Waals surface area contributed by atoms with E-state index in [1.165, 1.54) is 0 Å². The standard InChI is InChI=1S/C10H20N2O2S.ClH/c1-3-5-12(7-9(2)11)10-4-6-15(13,14)8-10;/h3,9-10H,1,4-8,11H2,2H3;1H. The molecule has 6 heteroatoms. The third-order valence-corrected chi connectivity index (χ3v) is 4.36.